The topological polar surface area (TPSA) is 37.3 Å². The number of fused-ring (bicyclic) bond motifs is 1. The zero-order valence-electron chi connectivity index (χ0n) is 7.71. The van der Waals surface area contributed by atoms with Crippen molar-refractivity contribution in [2.24, 2.45) is 17.8 Å². The number of hydrogen-bond donors (Lipinski definition) is 1. The van der Waals surface area contributed by atoms with Crippen LogP contribution in [0.3, 0.4) is 0 Å². The van der Waals surface area contributed by atoms with Crippen molar-refractivity contribution in [2.75, 3.05) is 0 Å². The van der Waals surface area contributed by atoms with Crippen molar-refractivity contribution in [1.29, 1.82) is 0 Å². The van der Waals surface area contributed by atoms with Gasteiger partial charge in [0.1, 0.15) is 5.78 Å². The summed E-state index contributed by atoms with van der Waals surface area (Å²) in [5.41, 5.74) is -0.421. The first-order valence-corrected chi connectivity index (χ1v) is 4.79. The van der Waals surface area contributed by atoms with E-state index in [0.717, 1.165) is 19.3 Å². The highest BCUT2D eigenvalue weighted by Crippen LogP contribution is 2.58. The highest BCUT2D eigenvalue weighted by atomic mass is 16.3. The van der Waals surface area contributed by atoms with E-state index in [-0.39, 0.29) is 11.8 Å². The number of Topliss-reactive ketones (excluding diaryl/α,β-unsaturated/α-hetero) is 1. The SMILES string of the molecule is CC(C)C(=O)C1CC2CC2(O)C1. The van der Waals surface area contributed by atoms with Gasteiger partial charge in [-0.15, -0.1) is 0 Å². The zero-order chi connectivity index (χ0) is 8.93. The van der Waals surface area contributed by atoms with Crippen LogP contribution in [0.4, 0.5) is 0 Å². The molecule has 3 atom stereocenters. The number of carbonyl (C=O) groups excluding carboxylic acids is 1. The summed E-state index contributed by atoms with van der Waals surface area (Å²) in [6.45, 7) is 3.88. The van der Waals surface area contributed by atoms with E-state index in [1.807, 2.05) is 13.8 Å². The molecule has 1 N–H and O–H groups in total. The second-order valence-corrected chi connectivity index (χ2v) is 4.70. The molecule has 12 heavy (non-hydrogen) atoms. The van der Waals surface area contributed by atoms with E-state index in [0.29, 0.717) is 11.7 Å². The van der Waals surface area contributed by atoms with Gasteiger partial charge in [0.05, 0.1) is 5.60 Å². The Labute approximate surface area is 73.0 Å². The maximum absolute atomic E-state index is 11.5. The third kappa shape index (κ3) is 1.09. The Kier molecular flexibility index (Phi) is 1.59. The number of ketones is 1. The van der Waals surface area contributed by atoms with Crippen LogP contribution in [0.15, 0.2) is 0 Å². The minimum absolute atomic E-state index is 0.135. The number of rotatable bonds is 2. The fraction of sp³-hybridized carbons (Fsp3) is 0.900. The van der Waals surface area contributed by atoms with Crippen molar-refractivity contribution < 1.29 is 9.90 Å². The minimum atomic E-state index is -0.421. The summed E-state index contributed by atoms with van der Waals surface area (Å²) in [6, 6.07) is 0. The van der Waals surface area contributed by atoms with Crippen LogP contribution in [0.25, 0.3) is 0 Å². The summed E-state index contributed by atoms with van der Waals surface area (Å²) in [5, 5.41) is 9.72. The summed E-state index contributed by atoms with van der Waals surface area (Å²) >= 11 is 0. The molecule has 0 aromatic rings. The van der Waals surface area contributed by atoms with Crippen LogP contribution in [0.5, 0.6) is 0 Å². The molecule has 68 valence electrons. The molecule has 2 heteroatoms. The van der Waals surface area contributed by atoms with Gasteiger partial charge in [0.25, 0.3) is 0 Å². The Balaban J connectivity index is 1.97. The molecule has 2 aliphatic carbocycles. The van der Waals surface area contributed by atoms with E-state index in [9.17, 15) is 9.90 Å². The molecule has 2 rings (SSSR count). The van der Waals surface area contributed by atoms with Gasteiger partial charge < -0.3 is 5.11 Å². The Morgan fingerprint density at radius 3 is 2.58 bits per heavy atom. The first-order chi connectivity index (χ1) is 5.53. The van der Waals surface area contributed by atoms with E-state index in [1.165, 1.54) is 0 Å². The van der Waals surface area contributed by atoms with E-state index in [4.69, 9.17) is 0 Å². The monoisotopic (exact) mass is 168 g/mol. The van der Waals surface area contributed by atoms with Crippen LogP contribution in [-0.4, -0.2) is 16.5 Å². The van der Waals surface area contributed by atoms with Gasteiger partial charge in [-0.05, 0) is 25.2 Å². The zero-order valence-corrected chi connectivity index (χ0v) is 7.71. The Morgan fingerprint density at radius 2 is 2.17 bits per heavy atom. The molecule has 2 nitrogen and oxygen atoms in total. The van der Waals surface area contributed by atoms with Gasteiger partial charge in [0.2, 0.25) is 0 Å². The Hall–Kier alpha value is -0.370. The molecule has 0 spiro atoms. The highest BCUT2D eigenvalue weighted by molar-refractivity contribution is 5.83. The third-order valence-corrected chi connectivity index (χ3v) is 3.34. The molecular weight excluding hydrogens is 152 g/mol. The lowest BCUT2D eigenvalue weighted by molar-refractivity contribution is -0.126. The predicted molar refractivity (Wildman–Crippen MR) is 45.6 cm³/mol. The number of hydrogen-bond acceptors (Lipinski definition) is 2. The number of carbonyl (C=O) groups is 1. The first-order valence-electron chi connectivity index (χ1n) is 4.79. The van der Waals surface area contributed by atoms with E-state index >= 15 is 0 Å². The average Bonchev–Trinajstić information content (AvgIpc) is 2.49. The third-order valence-electron chi connectivity index (χ3n) is 3.34. The second kappa shape index (κ2) is 2.32. The lowest BCUT2D eigenvalue weighted by Crippen LogP contribution is -2.20. The van der Waals surface area contributed by atoms with Crippen LogP contribution in [0.1, 0.15) is 33.1 Å². The van der Waals surface area contributed by atoms with Crippen molar-refractivity contribution in [3.05, 3.63) is 0 Å². The first kappa shape index (κ1) is 8.24. The van der Waals surface area contributed by atoms with Crippen LogP contribution in [0.2, 0.25) is 0 Å². The van der Waals surface area contributed by atoms with E-state index in [1.54, 1.807) is 0 Å². The van der Waals surface area contributed by atoms with Crippen molar-refractivity contribution in [1.82, 2.24) is 0 Å². The van der Waals surface area contributed by atoms with Gasteiger partial charge in [0, 0.05) is 11.8 Å². The summed E-state index contributed by atoms with van der Waals surface area (Å²) in [6.07, 6.45) is 2.61. The largest absolute Gasteiger partial charge is 0.390 e. The Bertz CT molecular complexity index is 222. The lowest BCUT2D eigenvalue weighted by Gasteiger charge is -2.13. The maximum Gasteiger partial charge on any atom is 0.138 e. The summed E-state index contributed by atoms with van der Waals surface area (Å²) in [4.78, 5) is 11.5. The quantitative estimate of drug-likeness (QED) is 0.676. The normalized spacial score (nSPS) is 44.7. The van der Waals surface area contributed by atoms with Gasteiger partial charge in [-0.25, -0.2) is 0 Å². The van der Waals surface area contributed by atoms with Crippen LogP contribution in [0, 0.1) is 17.8 Å². The molecule has 0 heterocycles. The molecule has 0 amide bonds. The molecule has 0 aromatic heterocycles. The fourth-order valence-electron chi connectivity index (χ4n) is 2.46. The van der Waals surface area contributed by atoms with Gasteiger partial charge in [-0.3, -0.25) is 4.79 Å². The lowest BCUT2D eigenvalue weighted by atomic mass is 9.91. The van der Waals surface area contributed by atoms with Crippen LogP contribution < -0.4 is 0 Å². The molecule has 0 saturated heterocycles. The fourth-order valence-corrected chi connectivity index (χ4v) is 2.46. The summed E-state index contributed by atoms with van der Waals surface area (Å²) in [5.74, 6) is 1.09. The average molecular weight is 168 g/mol. The molecule has 0 radical (unpaired) electrons. The highest BCUT2D eigenvalue weighted by Gasteiger charge is 2.60. The number of aliphatic hydroxyl groups is 1. The van der Waals surface area contributed by atoms with Crippen molar-refractivity contribution in [2.45, 2.75) is 38.7 Å². The van der Waals surface area contributed by atoms with Crippen LogP contribution >= 0.6 is 0 Å². The second-order valence-electron chi connectivity index (χ2n) is 4.70. The molecule has 3 unspecified atom stereocenters. The van der Waals surface area contributed by atoms with Gasteiger partial charge >= 0.3 is 0 Å². The molecular formula is C10H16O2. The van der Waals surface area contributed by atoms with Gasteiger partial charge in [-0.1, -0.05) is 13.8 Å². The maximum atomic E-state index is 11.5. The van der Waals surface area contributed by atoms with E-state index < -0.39 is 5.60 Å². The van der Waals surface area contributed by atoms with Crippen LogP contribution in [-0.2, 0) is 4.79 Å². The minimum Gasteiger partial charge on any atom is -0.390 e. The molecule has 2 aliphatic rings. The molecule has 0 bridgehead atoms. The smallest absolute Gasteiger partial charge is 0.138 e. The standard InChI is InChI=1S/C10H16O2/c1-6(2)9(11)7-3-8-5-10(8,12)4-7/h6-8,12H,3-5H2,1-2H3. The predicted octanol–water partition coefficient (Wildman–Crippen LogP) is 1.37. The summed E-state index contributed by atoms with van der Waals surface area (Å²) in [7, 11) is 0. The van der Waals surface area contributed by atoms with Crippen molar-refractivity contribution >= 4 is 5.78 Å². The molecule has 0 aromatic carbocycles. The van der Waals surface area contributed by atoms with Gasteiger partial charge in [0.15, 0.2) is 0 Å². The molecule has 0 aliphatic heterocycles. The van der Waals surface area contributed by atoms with E-state index in [2.05, 4.69) is 0 Å². The van der Waals surface area contributed by atoms with Gasteiger partial charge in [-0.2, -0.15) is 0 Å². The molecule has 2 saturated carbocycles. The van der Waals surface area contributed by atoms with Crippen molar-refractivity contribution in [3.63, 3.8) is 0 Å². The van der Waals surface area contributed by atoms with Crippen molar-refractivity contribution in [3.8, 4) is 0 Å². The molecule has 2 fully saturated rings. The Morgan fingerprint density at radius 1 is 1.50 bits per heavy atom. The summed E-state index contributed by atoms with van der Waals surface area (Å²) < 4.78 is 0.